The number of hydrogen-bond acceptors (Lipinski definition) is 13. The molecule has 1 fully saturated rings. The second kappa shape index (κ2) is 24.9. The van der Waals surface area contributed by atoms with Gasteiger partial charge in [0.2, 0.25) is 29.5 Å². The van der Waals surface area contributed by atoms with Crippen molar-refractivity contribution in [1.82, 2.24) is 42.0 Å². The summed E-state index contributed by atoms with van der Waals surface area (Å²) in [6, 6.07) is 13.6. The van der Waals surface area contributed by atoms with Crippen molar-refractivity contribution in [3.8, 4) is 0 Å². The minimum atomic E-state index is -4.48. The Morgan fingerprint density at radius 1 is 0.877 bits per heavy atom. The quantitative estimate of drug-likeness (QED) is 0.0378. The lowest BCUT2D eigenvalue weighted by Crippen LogP contribution is -2.57. The highest BCUT2D eigenvalue weighted by Gasteiger charge is 2.35. The van der Waals surface area contributed by atoms with E-state index in [0.717, 1.165) is 5.56 Å². The number of rotatable bonds is 22. The van der Waals surface area contributed by atoms with Gasteiger partial charge in [-0.2, -0.15) is 13.5 Å². The van der Waals surface area contributed by atoms with Crippen LogP contribution in [0.5, 0.6) is 0 Å². The van der Waals surface area contributed by atoms with Crippen LogP contribution in [0, 0.1) is 5.92 Å². The van der Waals surface area contributed by atoms with Gasteiger partial charge in [0.05, 0.1) is 18.3 Å². The SMILES string of the molecule is CC(=O)N1CCC[C@H]1C(=O)N[C@@H](CCCN)C(=O)NCC(=O)N[C@@H](CCc1ccccc1)C(=O)N[C@@H](CC(C)C)C(=O)NNC(=O)c1ccc(N/N=C/c2ccccc2S(=O)(=O)O)nc1. The number of carbonyl (C=O) groups excluding carboxylic acids is 7. The molecular formula is C43H57N11O10S. The highest BCUT2D eigenvalue weighted by Crippen LogP contribution is 2.18. The molecule has 4 rings (SSSR count). The van der Waals surface area contributed by atoms with Crippen LogP contribution in [-0.2, 0) is 45.3 Å². The van der Waals surface area contributed by atoms with Gasteiger partial charge < -0.3 is 31.9 Å². The number of hydrazine groups is 1. The maximum absolute atomic E-state index is 13.9. The zero-order valence-electron chi connectivity index (χ0n) is 36.4. The molecule has 0 bridgehead atoms. The zero-order valence-corrected chi connectivity index (χ0v) is 37.2. The Morgan fingerprint density at radius 2 is 1.58 bits per heavy atom. The number of nitrogens with zero attached hydrogens (tertiary/aromatic N) is 3. The van der Waals surface area contributed by atoms with Crippen LogP contribution in [0.4, 0.5) is 5.82 Å². The lowest BCUT2D eigenvalue weighted by molar-refractivity contribution is -0.138. The van der Waals surface area contributed by atoms with Gasteiger partial charge in [-0.3, -0.25) is 54.4 Å². The van der Waals surface area contributed by atoms with Gasteiger partial charge in [0, 0.05) is 25.2 Å². The molecule has 1 saturated heterocycles. The van der Waals surface area contributed by atoms with Crippen molar-refractivity contribution in [2.45, 2.75) is 94.8 Å². The number of aryl methyl sites for hydroxylation is 1. The van der Waals surface area contributed by atoms with E-state index in [1.54, 1.807) is 6.07 Å². The van der Waals surface area contributed by atoms with Gasteiger partial charge >= 0.3 is 0 Å². The molecule has 0 saturated carbocycles. The molecule has 0 aliphatic carbocycles. The minimum Gasteiger partial charge on any atom is -0.345 e. The summed E-state index contributed by atoms with van der Waals surface area (Å²) in [4.78, 5) is 97.2. The first kappa shape index (κ1) is 50.9. The summed E-state index contributed by atoms with van der Waals surface area (Å²) < 4.78 is 32.7. The lowest BCUT2D eigenvalue weighted by Gasteiger charge is -2.26. The van der Waals surface area contributed by atoms with Crippen molar-refractivity contribution in [1.29, 1.82) is 0 Å². The van der Waals surface area contributed by atoms with E-state index in [0.29, 0.717) is 32.2 Å². The second-order valence-electron chi connectivity index (χ2n) is 15.7. The van der Waals surface area contributed by atoms with Crippen molar-refractivity contribution in [2.24, 2.45) is 16.8 Å². The smallest absolute Gasteiger partial charge is 0.295 e. The van der Waals surface area contributed by atoms with Gasteiger partial charge in [0.15, 0.2) is 0 Å². The van der Waals surface area contributed by atoms with E-state index >= 15 is 0 Å². The van der Waals surface area contributed by atoms with Crippen LogP contribution in [0.1, 0.15) is 80.8 Å². The van der Waals surface area contributed by atoms with Gasteiger partial charge in [-0.25, -0.2) is 4.98 Å². The molecule has 4 atom stereocenters. The van der Waals surface area contributed by atoms with E-state index in [4.69, 9.17) is 5.73 Å². The van der Waals surface area contributed by atoms with E-state index in [-0.39, 0.29) is 59.5 Å². The molecule has 65 heavy (non-hydrogen) atoms. The zero-order chi connectivity index (χ0) is 47.5. The van der Waals surface area contributed by atoms with Gasteiger partial charge in [0.1, 0.15) is 34.9 Å². The summed E-state index contributed by atoms with van der Waals surface area (Å²) in [5.74, 6) is -4.19. The average Bonchev–Trinajstić information content (AvgIpc) is 3.78. The summed E-state index contributed by atoms with van der Waals surface area (Å²) in [6.45, 7) is 5.17. The first-order valence-electron chi connectivity index (χ1n) is 21.1. The molecule has 22 heteroatoms. The van der Waals surface area contributed by atoms with Crippen LogP contribution >= 0.6 is 0 Å². The minimum absolute atomic E-state index is 0.0401. The maximum atomic E-state index is 13.9. The third-order valence-electron chi connectivity index (χ3n) is 10.2. The molecule has 2 heterocycles. The number of carbonyl (C=O) groups is 7. The van der Waals surface area contributed by atoms with Crippen molar-refractivity contribution in [3.05, 3.63) is 89.6 Å². The average molecular weight is 920 g/mol. The van der Waals surface area contributed by atoms with Crippen LogP contribution in [0.3, 0.4) is 0 Å². The fourth-order valence-electron chi connectivity index (χ4n) is 6.87. The number of benzene rings is 2. The highest BCUT2D eigenvalue weighted by molar-refractivity contribution is 7.86. The molecule has 0 spiro atoms. The number of anilines is 1. The molecule has 21 nitrogen and oxygen atoms in total. The monoisotopic (exact) mass is 919 g/mol. The second-order valence-corrected chi connectivity index (χ2v) is 17.1. The van der Waals surface area contributed by atoms with E-state index in [9.17, 15) is 46.5 Å². The van der Waals surface area contributed by atoms with Crippen LogP contribution in [-0.4, -0.2) is 114 Å². The molecule has 1 aliphatic rings. The number of hydrogen-bond donors (Lipinski definition) is 9. The number of aromatic nitrogens is 1. The number of likely N-dealkylation sites (tertiary alicyclic amines) is 1. The first-order valence-corrected chi connectivity index (χ1v) is 22.5. The summed E-state index contributed by atoms with van der Waals surface area (Å²) in [6.07, 6.45) is 4.67. The Balaban J connectivity index is 1.36. The third-order valence-corrected chi connectivity index (χ3v) is 11.1. The van der Waals surface area contributed by atoms with Crippen LogP contribution in [0.25, 0.3) is 0 Å². The Morgan fingerprint density at radius 3 is 2.25 bits per heavy atom. The van der Waals surface area contributed by atoms with E-state index in [1.807, 2.05) is 44.2 Å². The maximum Gasteiger partial charge on any atom is 0.295 e. The topological polar surface area (TPSA) is 313 Å². The summed E-state index contributed by atoms with van der Waals surface area (Å²) in [5, 5.41) is 14.5. The van der Waals surface area contributed by atoms with Crippen LogP contribution < -0.4 is 43.3 Å². The fraction of sp³-hybridized carbons (Fsp3) is 0.419. The molecule has 0 unspecified atom stereocenters. The van der Waals surface area contributed by atoms with Crippen molar-refractivity contribution >= 4 is 63.5 Å². The molecule has 0 radical (unpaired) electrons. The van der Waals surface area contributed by atoms with Crippen LogP contribution in [0.15, 0.2) is 82.9 Å². The van der Waals surface area contributed by atoms with Gasteiger partial charge in [-0.05, 0) is 81.2 Å². The number of hydrazone groups is 1. The molecule has 7 amide bonds. The molecule has 10 N–H and O–H groups in total. The van der Waals surface area contributed by atoms with Gasteiger partial charge in [-0.1, -0.05) is 62.4 Å². The Kier molecular flexibility index (Phi) is 19.5. The molecular weight excluding hydrogens is 863 g/mol. The van der Waals surface area contributed by atoms with Crippen molar-refractivity contribution < 1.29 is 46.5 Å². The molecule has 3 aromatic rings. The van der Waals surface area contributed by atoms with Gasteiger partial charge in [0.25, 0.3) is 21.9 Å². The van der Waals surface area contributed by atoms with E-state index < -0.39 is 76.3 Å². The molecule has 1 aromatic heterocycles. The van der Waals surface area contributed by atoms with Crippen LogP contribution in [0.2, 0.25) is 0 Å². The first-order chi connectivity index (χ1) is 31.0. The fourth-order valence-corrected chi connectivity index (χ4v) is 7.54. The molecule has 350 valence electrons. The predicted octanol–water partition coefficient (Wildman–Crippen LogP) is 0.535. The third kappa shape index (κ3) is 16.4. The van der Waals surface area contributed by atoms with Crippen molar-refractivity contribution in [3.63, 3.8) is 0 Å². The van der Waals surface area contributed by atoms with Gasteiger partial charge in [-0.15, -0.1) is 0 Å². The highest BCUT2D eigenvalue weighted by atomic mass is 32.2. The summed E-state index contributed by atoms with van der Waals surface area (Å²) in [5.41, 5.74) is 13.9. The van der Waals surface area contributed by atoms with E-state index in [2.05, 4.69) is 47.6 Å². The Hall–Kier alpha value is -6.78. The predicted molar refractivity (Wildman–Crippen MR) is 239 cm³/mol. The lowest BCUT2D eigenvalue weighted by atomic mass is 10.0. The summed E-state index contributed by atoms with van der Waals surface area (Å²) >= 11 is 0. The number of nitrogens with one attached hydrogen (secondary N) is 7. The Labute approximate surface area is 377 Å². The Bertz CT molecular complexity index is 2280. The van der Waals surface area contributed by atoms with Crippen molar-refractivity contribution in [2.75, 3.05) is 25.1 Å². The van der Waals surface area contributed by atoms with E-state index in [1.165, 1.54) is 54.6 Å². The molecule has 2 aromatic carbocycles. The largest absolute Gasteiger partial charge is 0.345 e. The normalized spacial score (nSPS) is 15.0. The summed E-state index contributed by atoms with van der Waals surface area (Å²) in [7, 11) is -4.48. The standard InChI is InChI=1S/C43H57N11O10S/c1-27(2)23-34(42(60)53-52-39(57)31-18-20-37(45-24-31)51-47-25-30-13-7-8-16-36(30)65(62,63)64)50-41(59)33(19-17-29-11-5-4-6-12-29)48-38(56)26-46-40(58)32(14-9-21-44)49-43(61)35-15-10-22-54(35)28(3)55/h4-8,11-13,16,18,20,24-25,27,32-35H,9-10,14-15,17,19,21-23,26,44H2,1-3H3,(H,45,51)(H,46,58)(H,48,56)(H,49,61)(H,50,59)(H,52,57)(H,53,60)(H,62,63,64)/b47-25+/t32-,33-,34-,35-/m0/s1. The number of amides is 7. The number of pyridine rings is 1. The number of nitrogens with two attached hydrogens (primary N) is 1. The molecule has 1 aliphatic heterocycles.